The van der Waals surface area contributed by atoms with Crippen molar-refractivity contribution in [3.05, 3.63) is 35.6 Å². The molecule has 0 bridgehead atoms. The van der Waals surface area contributed by atoms with E-state index in [0.29, 0.717) is 0 Å². The Kier molecular flexibility index (Phi) is 6.50. The van der Waals surface area contributed by atoms with Crippen molar-refractivity contribution in [3.63, 3.8) is 0 Å². The molecule has 1 rings (SSSR count). The fraction of sp³-hybridized carbons (Fsp3) is 0.438. The zero-order chi connectivity index (χ0) is 19.4. The summed E-state index contributed by atoms with van der Waals surface area (Å²) in [7, 11) is 0. The van der Waals surface area contributed by atoms with Crippen LogP contribution >= 0.6 is 0 Å². The monoisotopic (exact) mass is 370 g/mol. The minimum Gasteiger partial charge on any atom is -0.504 e. The van der Waals surface area contributed by atoms with E-state index in [0.717, 1.165) is 24.6 Å². The van der Waals surface area contributed by atoms with Gasteiger partial charge in [-0.3, -0.25) is 4.79 Å². The lowest BCUT2D eigenvalue weighted by molar-refractivity contribution is -0.165. The molecule has 0 spiro atoms. The molecule has 0 aliphatic carbocycles. The smallest absolute Gasteiger partial charge is 0.455 e. The predicted molar refractivity (Wildman–Crippen MR) is 78.1 cm³/mol. The van der Waals surface area contributed by atoms with Crippen molar-refractivity contribution in [2.75, 3.05) is 6.61 Å². The first-order chi connectivity index (χ1) is 11.4. The highest BCUT2D eigenvalue weighted by molar-refractivity contribution is 6.24. The third-order valence-corrected chi connectivity index (χ3v) is 3.34. The molecule has 9 heteroatoms. The van der Waals surface area contributed by atoms with Gasteiger partial charge in [0.15, 0.2) is 0 Å². The van der Waals surface area contributed by atoms with E-state index in [1.54, 1.807) is 0 Å². The summed E-state index contributed by atoms with van der Waals surface area (Å²) in [5.41, 5.74) is -2.60. The van der Waals surface area contributed by atoms with Gasteiger partial charge in [0.25, 0.3) is 5.78 Å². The highest BCUT2D eigenvalue weighted by atomic mass is 19.4. The van der Waals surface area contributed by atoms with Crippen molar-refractivity contribution >= 4 is 11.4 Å². The Morgan fingerprint density at radius 2 is 1.76 bits per heavy atom. The van der Waals surface area contributed by atoms with Gasteiger partial charge < -0.3 is 9.84 Å². The molecule has 1 N–H and O–H groups in total. The number of aliphatic hydroxyl groups is 1. The van der Waals surface area contributed by atoms with Crippen LogP contribution in [0.2, 0.25) is 0 Å². The zero-order valence-electron chi connectivity index (χ0n) is 13.3. The molecule has 0 aromatic heterocycles. The molecule has 0 radical (unpaired) electrons. The van der Waals surface area contributed by atoms with Crippen LogP contribution in [0.25, 0.3) is 5.57 Å². The Hall–Kier alpha value is -2.19. The molecular formula is C16H16F6O3. The summed E-state index contributed by atoms with van der Waals surface area (Å²) in [4.78, 5) is 11.4. The number of alkyl halides is 6. The van der Waals surface area contributed by atoms with Crippen molar-refractivity contribution in [1.82, 2.24) is 0 Å². The van der Waals surface area contributed by atoms with Crippen LogP contribution in [0.5, 0.6) is 5.75 Å². The quantitative estimate of drug-likeness (QED) is 0.432. The topological polar surface area (TPSA) is 46.5 Å². The van der Waals surface area contributed by atoms with Gasteiger partial charge in [-0.1, -0.05) is 32.4 Å². The number of carbonyl (C=O) groups is 1. The van der Waals surface area contributed by atoms with Gasteiger partial charge in [-0.15, -0.1) is 0 Å². The maximum Gasteiger partial charge on any atom is 0.455 e. The number of ether oxygens (including phenoxy) is 1. The van der Waals surface area contributed by atoms with Crippen LogP contribution in [0.4, 0.5) is 26.3 Å². The molecule has 3 nitrogen and oxygen atoms in total. The Morgan fingerprint density at radius 3 is 2.24 bits per heavy atom. The third-order valence-electron chi connectivity index (χ3n) is 3.34. The van der Waals surface area contributed by atoms with Crippen LogP contribution in [0.15, 0.2) is 30.0 Å². The lowest BCUT2D eigenvalue weighted by Gasteiger charge is -2.16. The zero-order valence-corrected chi connectivity index (χ0v) is 13.3. The predicted octanol–water partition coefficient (Wildman–Crippen LogP) is 5.07. The van der Waals surface area contributed by atoms with Crippen LogP contribution in [0.1, 0.15) is 25.8 Å². The second kappa shape index (κ2) is 7.79. The first-order valence-electron chi connectivity index (χ1n) is 7.23. The van der Waals surface area contributed by atoms with E-state index >= 15 is 0 Å². The van der Waals surface area contributed by atoms with Gasteiger partial charge >= 0.3 is 12.4 Å². The minimum absolute atomic E-state index is 0.0137. The molecule has 25 heavy (non-hydrogen) atoms. The molecule has 1 aromatic carbocycles. The second-order valence-electron chi connectivity index (χ2n) is 5.40. The first kappa shape index (κ1) is 20.9. The van der Waals surface area contributed by atoms with Gasteiger partial charge in [0, 0.05) is 0 Å². The fourth-order valence-electron chi connectivity index (χ4n) is 1.76. The second-order valence-corrected chi connectivity index (χ2v) is 5.40. The van der Waals surface area contributed by atoms with E-state index in [2.05, 4.69) is 0 Å². The Labute approximate surface area is 139 Å². The third kappa shape index (κ3) is 5.68. The molecule has 1 unspecified atom stereocenters. The summed E-state index contributed by atoms with van der Waals surface area (Å²) in [5, 5.41) is 9.17. The Bertz CT molecular complexity index is 646. The van der Waals surface area contributed by atoms with Crippen molar-refractivity contribution in [2.24, 2.45) is 5.92 Å². The maximum absolute atomic E-state index is 12.7. The van der Waals surface area contributed by atoms with Crippen LogP contribution in [-0.2, 0) is 4.79 Å². The number of allylic oxidation sites excluding steroid dienone is 2. The maximum atomic E-state index is 12.7. The SMILES string of the molecule is CCC(C)COc1cccc(C(C(=O)C(F)(F)F)=C(O)C(F)(F)F)c1. The Balaban J connectivity index is 3.36. The highest BCUT2D eigenvalue weighted by Gasteiger charge is 2.47. The van der Waals surface area contributed by atoms with Gasteiger partial charge in [0.05, 0.1) is 12.2 Å². The van der Waals surface area contributed by atoms with Crippen molar-refractivity contribution in [3.8, 4) is 5.75 Å². The number of rotatable bonds is 6. The average molecular weight is 370 g/mol. The standard InChI is InChI=1S/C16H16F6O3/c1-3-9(2)8-25-11-6-4-5-10(7-11)12(13(23)15(17,18)19)14(24)16(20,21)22/h4-7,9,23H,3,8H2,1-2H3. The van der Waals surface area contributed by atoms with Gasteiger partial charge in [0.1, 0.15) is 5.75 Å². The van der Waals surface area contributed by atoms with E-state index in [1.807, 2.05) is 13.8 Å². The first-order valence-corrected chi connectivity index (χ1v) is 7.23. The average Bonchev–Trinajstić information content (AvgIpc) is 2.51. The lowest BCUT2D eigenvalue weighted by atomic mass is 9.99. The molecule has 140 valence electrons. The van der Waals surface area contributed by atoms with E-state index in [1.165, 1.54) is 6.07 Å². The van der Waals surface area contributed by atoms with Gasteiger partial charge in [0.2, 0.25) is 5.76 Å². The molecule has 0 saturated carbocycles. The van der Waals surface area contributed by atoms with Crippen LogP contribution in [-0.4, -0.2) is 29.8 Å². The van der Waals surface area contributed by atoms with Gasteiger partial charge in [-0.2, -0.15) is 26.3 Å². The summed E-state index contributed by atoms with van der Waals surface area (Å²) in [5.74, 6) is -5.30. The normalized spacial score (nSPS) is 14.7. The molecule has 1 aromatic rings. The van der Waals surface area contributed by atoms with E-state index in [-0.39, 0.29) is 18.3 Å². The number of halogens is 6. The van der Waals surface area contributed by atoms with Crippen molar-refractivity contribution in [2.45, 2.75) is 32.6 Å². The van der Waals surface area contributed by atoms with E-state index < -0.39 is 35.0 Å². The summed E-state index contributed by atoms with van der Waals surface area (Å²) < 4.78 is 81.2. The fourth-order valence-corrected chi connectivity index (χ4v) is 1.76. The van der Waals surface area contributed by atoms with Crippen molar-refractivity contribution < 1.29 is 41.0 Å². The summed E-state index contributed by atoms with van der Waals surface area (Å²) >= 11 is 0. The number of hydrogen-bond acceptors (Lipinski definition) is 3. The number of hydrogen-bond donors (Lipinski definition) is 1. The number of carbonyl (C=O) groups excluding carboxylic acids is 1. The number of Topliss-reactive ketones (excluding diaryl/α,β-unsaturated/α-hetero) is 1. The summed E-state index contributed by atoms with van der Waals surface area (Å²) in [6, 6.07) is 4.17. The Morgan fingerprint density at radius 1 is 1.16 bits per heavy atom. The molecule has 0 fully saturated rings. The lowest BCUT2D eigenvalue weighted by Crippen LogP contribution is -2.27. The van der Waals surface area contributed by atoms with E-state index in [4.69, 9.17) is 4.74 Å². The summed E-state index contributed by atoms with van der Waals surface area (Å²) in [6.45, 7) is 3.92. The van der Waals surface area contributed by atoms with Crippen LogP contribution in [0, 0.1) is 5.92 Å². The van der Waals surface area contributed by atoms with Crippen LogP contribution < -0.4 is 4.74 Å². The van der Waals surface area contributed by atoms with Crippen molar-refractivity contribution in [1.29, 1.82) is 0 Å². The molecule has 1 atom stereocenters. The molecule has 0 amide bonds. The summed E-state index contributed by atoms with van der Waals surface area (Å²) in [6.07, 6.45) is -10.3. The number of ketones is 1. The number of benzene rings is 1. The van der Waals surface area contributed by atoms with Gasteiger partial charge in [-0.05, 0) is 23.6 Å². The minimum atomic E-state index is -5.58. The molecule has 0 aliphatic heterocycles. The number of aliphatic hydroxyl groups excluding tert-OH is 1. The molecule has 0 heterocycles. The highest BCUT2D eigenvalue weighted by Crippen LogP contribution is 2.36. The van der Waals surface area contributed by atoms with Gasteiger partial charge in [-0.25, -0.2) is 0 Å². The largest absolute Gasteiger partial charge is 0.504 e. The molecular weight excluding hydrogens is 354 g/mol. The molecule has 0 saturated heterocycles. The molecule has 0 aliphatic rings. The van der Waals surface area contributed by atoms with Crippen LogP contribution in [0.3, 0.4) is 0 Å². The van der Waals surface area contributed by atoms with E-state index in [9.17, 15) is 36.2 Å².